The lowest BCUT2D eigenvalue weighted by atomic mass is 9.78. The number of hydrogen-bond donors (Lipinski definition) is 0. The molecule has 0 aromatic heterocycles. The highest BCUT2D eigenvalue weighted by atomic mass is 15.1. The van der Waals surface area contributed by atoms with E-state index in [0.717, 1.165) is 17.1 Å². The van der Waals surface area contributed by atoms with Crippen molar-refractivity contribution in [3.8, 4) is 66.8 Å². The Kier molecular flexibility index (Phi) is 9.30. The minimum atomic E-state index is -0.127. The van der Waals surface area contributed by atoms with Crippen LogP contribution in [0.1, 0.15) is 49.9 Å². The summed E-state index contributed by atoms with van der Waals surface area (Å²) in [5.74, 6) is 0. The molecule has 0 radical (unpaired) electrons. The molecule has 0 fully saturated rings. The van der Waals surface area contributed by atoms with E-state index < -0.39 is 0 Å². The van der Waals surface area contributed by atoms with Crippen LogP contribution in [0.4, 0.5) is 17.1 Å². The summed E-state index contributed by atoms with van der Waals surface area (Å²) in [7, 11) is 0. The normalized spacial score (nSPS) is 13.7. The number of benzene rings is 11. The Balaban J connectivity index is 0.972. The van der Waals surface area contributed by atoms with E-state index >= 15 is 0 Å². The van der Waals surface area contributed by atoms with Gasteiger partial charge in [-0.15, -0.1) is 0 Å². The molecule has 69 heavy (non-hydrogen) atoms. The Morgan fingerprint density at radius 3 is 1.45 bits per heavy atom. The zero-order valence-electron chi connectivity index (χ0n) is 39.5. The van der Waals surface area contributed by atoms with Gasteiger partial charge in [0.05, 0.1) is 11.4 Å². The lowest BCUT2D eigenvalue weighted by Gasteiger charge is -2.30. The Morgan fingerprint density at radius 2 is 0.739 bits per heavy atom. The van der Waals surface area contributed by atoms with E-state index in [4.69, 9.17) is 0 Å². The van der Waals surface area contributed by atoms with Crippen LogP contribution in [0.2, 0.25) is 0 Å². The summed E-state index contributed by atoms with van der Waals surface area (Å²) in [5.41, 5.74) is 23.7. The molecule has 11 aromatic carbocycles. The van der Waals surface area contributed by atoms with Crippen molar-refractivity contribution in [2.24, 2.45) is 0 Å². The zero-order valence-corrected chi connectivity index (χ0v) is 39.5. The van der Waals surface area contributed by atoms with Crippen molar-refractivity contribution >= 4 is 38.6 Å². The van der Waals surface area contributed by atoms with Crippen LogP contribution in [0, 0.1) is 0 Å². The maximum atomic E-state index is 2.49. The molecule has 0 heterocycles. The fourth-order valence-corrected chi connectivity index (χ4v) is 12.1. The number of nitrogens with zero attached hydrogens (tertiary/aromatic N) is 1. The number of anilines is 3. The summed E-state index contributed by atoms with van der Waals surface area (Å²) in [6, 6.07) is 88.2. The van der Waals surface area contributed by atoms with Gasteiger partial charge < -0.3 is 4.90 Å². The van der Waals surface area contributed by atoms with E-state index in [1.54, 1.807) is 0 Å². The van der Waals surface area contributed by atoms with Gasteiger partial charge in [0.25, 0.3) is 0 Å². The predicted molar refractivity (Wildman–Crippen MR) is 293 cm³/mol. The van der Waals surface area contributed by atoms with Crippen LogP contribution in [-0.2, 0) is 10.8 Å². The molecule has 2 aliphatic carbocycles. The maximum absolute atomic E-state index is 2.49. The molecule has 0 amide bonds. The van der Waals surface area contributed by atoms with Crippen molar-refractivity contribution in [2.45, 2.75) is 38.5 Å². The minimum absolute atomic E-state index is 0.115. The van der Waals surface area contributed by atoms with E-state index in [-0.39, 0.29) is 10.8 Å². The molecule has 0 bridgehead atoms. The van der Waals surface area contributed by atoms with Crippen LogP contribution < -0.4 is 4.90 Å². The molecule has 0 N–H and O–H groups in total. The molecule has 0 unspecified atom stereocenters. The molecule has 13 rings (SSSR count). The van der Waals surface area contributed by atoms with Crippen LogP contribution in [0.3, 0.4) is 0 Å². The van der Waals surface area contributed by atoms with Gasteiger partial charge in [-0.3, -0.25) is 0 Å². The molecular weight excluding hydrogens is 831 g/mol. The van der Waals surface area contributed by atoms with Crippen molar-refractivity contribution in [3.63, 3.8) is 0 Å². The smallest absolute Gasteiger partial charge is 0.0540 e. The van der Waals surface area contributed by atoms with Crippen LogP contribution in [-0.4, -0.2) is 0 Å². The largest absolute Gasteiger partial charge is 0.309 e. The summed E-state index contributed by atoms with van der Waals surface area (Å²) in [6.07, 6.45) is 0. The van der Waals surface area contributed by atoms with Crippen LogP contribution in [0.15, 0.2) is 237 Å². The van der Waals surface area contributed by atoms with Gasteiger partial charge in [0.15, 0.2) is 0 Å². The average molecular weight is 882 g/mol. The minimum Gasteiger partial charge on any atom is -0.309 e. The third-order valence-electron chi connectivity index (χ3n) is 15.5. The van der Waals surface area contributed by atoms with Gasteiger partial charge in [0.2, 0.25) is 0 Å². The molecule has 0 aliphatic heterocycles. The molecule has 2 aliphatic rings. The molecule has 1 nitrogen and oxygen atoms in total. The van der Waals surface area contributed by atoms with Crippen molar-refractivity contribution in [1.29, 1.82) is 0 Å². The van der Waals surface area contributed by atoms with E-state index in [2.05, 4.69) is 269 Å². The first-order valence-electron chi connectivity index (χ1n) is 24.3. The first kappa shape index (κ1) is 41.0. The lowest BCUT2D eigenvalue weighted by Crippen LogP contribution is -2.16. The Hall–Kier alpha value is -8.26. The Bertz CT molecular complexity index is 3850. The molecule has 0 spiro atoms. The van der Waals surface area contributed by atoms with Crippen LogP contribution in [0.5, 0.6) is 0 Å². The number of fused-ring (bicyclic) bond motifs is 9. The molecule has 328 valence electrons. The topological polar surface area (TPSA) is 3.24 Å². The van der Waals surface area contributed by atoms with Crippen LogP contribution >= 0.6 is 0 Å². The highest BCUT2D eigenvalue weighted by Gasteiger charge is 2.38. The van der Waals surface area contributed by atoms with Crippen molar-refractivity contribution in [2.75, 3.05) is 4.90 Å². The van der Waals surface area contributed by atoms with E-state index in [0.29, 0.717) is 0 Å². The summed E-state index contributed by atoms with van der Waals surface area (Å²) < 4.78 is 0. The van der Waals surface area contributed by atoms with E-state index in [1.165, 1.54) is 111 Å². The second-order valence-corrected chi connectivity index (χ2v) is 20.0. The van der Waals surface area contributed by atoms with Gasteiger partial charge >= 0.3 is 0 Å². The van der Waals surface area contributed by atoms with Gasteiger partial charge in [-0.2, -0.15) is 0 Å². The molecule has 0 saturated heterocycles. The molecule has 1 heteroatoms. The molecular formula is C68H51N. The Morgan fingerprint density at radius 1 is 0.275 bits per heavy atom. The quantitative estimate of drug-likeness (QED) is 0.144. The highest BCUT2D eigenvalue weighted by Crippen LogP contribution is 2.54. The Labute approximate surface area is 405 Å². The van der Waals surface area contributed by atoms with Crippen molar-refractivity contribution < 1.29 is 0 Å². The van der Waals surface area contributed by atoms with Gasteiger partial charge in [-0.05, 0) is 136 Å². The van der Waals surface area contributed by atoms with Gasteiger partial charge in [-0.25, -0.2) is 0 Å². The molecule has 0 saturated carbocycles. The SMILES string of the molecule is CC1(C)c2ccccc2-c2ccc(-c3ccccc3N(c3ccc(-c4ccccc4-c4cccc5c4C(C)(C)c4ccccc4-5)cc3)c3ccccc3-c3ccc4c(ccc5ccccc54)c3)cc21. The number of rotatable bonds is 7. The van der Waals surface area contributed by atoms with E-state index in [9.17, 15) is 0 Å². The second-order valence-electron chi connectivity index (χ2n) is 20.0. The highest BCUT2D eigenvalue weighted by molar-refractivity contribution is 6.09. The fourth-order valence-electron chi connectivity index (χ4n) is 12.1. The summed E-state index contributed by atoms with van der Waals surface area (Å²) in [6.45, 7) is 9.50. The molecule has 11 aromatic rings. The number of para-hydroxylation sites is 2. The predicted octanol–water partition coefficient (Wildman–Crippen LogP) is 18.7. The summed E-state index contributed by atoms with van der Waals surface area (Å²) in [4.78, 5) is 2.49. The standard InChI is InChI=1S/C68H51N/c1-67(2)61-28-13-9-24-56(61)58-41-37-48(43-63(58)67)54-22-12-16-31-65(54)69(64-30-15-11-21-53(64)47-36-40-52-46(42-47)33-32-44-18-5-6-19-50(44)52)49-38-34-45(35-39-49)51-20-7-8-23-55(51)59-26-17-27-60-57-25-10-14-29-62(57)68(3,4)66(59)60/h5-43H,1-4H3. The first-order valence-corrected chi connectivity index (χ1v) is 24.3. The van der Waals surface area contributed by atoms with Crippen LogP contribution in [0.25, 0.3) is 88.3 Å². The first-order chi connectivity index (χ1) is 33.8. The average Bonchev–Trinajstić information content (AvgIpc) is 3.78. The summed E-state index contributed by atoms with van der Waals surface area (Å²) >= 11 is 0. The fraction of sp³-hybridized carbons (Fsp3) is 0.0882. The third kappa shape index (κ3) is 6.38. The van der Waals surface area contributed by atoms with Crippen molar-refractivity contribution in [3.05, 3.63) is 259 Å². The maximum Gasteiger partial charge on any atom is 0.0540 e. The third-order valence-corrected chi connectivity index (χ3v) is 15.5. The van der Waals surface area contributed by atoms with Gasteiger partial charge in [-0.1, -0.05) is 228 Å². The monoisotopic (exact) mass is 881 g/mol. The molecule has 0 atom stereocenters. The van der Waals surface area contributed by atoms with Crippen molar-refractivity contribution in [1.82, 2.24) is 0 Å². The lowest BCUT2D eigenvalue weighted by molar-refractivity contribution is 0.660. The number of hydrogen-bond acceptors (Lipinski definition) is 1. The summed E-state index contributed by atoms with van der Waals surface area (Å²) in [5, 5.41) is 5.03. The second kappa shape index (κ2) is 15.7. The van der Waals surface area contributed by atoms with Gasteiger partial charge in [0.1, 0.15) is 0 Å². The zero-order chi connectivity index (χ0) is 46.4. The van der Waals surface area contributed by atoms with Gasteiger partial charge in [0, 0.05) is 27.6 Å². The van der Waals surface area contributed by atoms with E-state index in [1.807, 2.05) is 0 Å².